The van der Waals surface area contributed by atoms with E-state index in [0.29, 0.717) is 0 Å². The second kappa shape index (κ2) is 13.5. The highest BCUT2D eigenvalue weighted by molar-refractivity contribution is 9.10. The summed E-state index contributed by atoms with van der Waals surface area (Å²) in [6.07, 6.45) is -3.08. The quantitative estimate of drug-likeness (QED) is 0.347. The zero-order valence-corrected chi connectivity index (χ0v) is 24.2. The second-order valence-corrected chi connectivity index (χ2v) is 12.0. The molecule has 0 saturated heterocycles. The number of carbonyl (C=O) groups is 2. The van der Waals surface area contributed by atoms with Crippen LogP contribution in [-0.2, 0) is 32.3 Å². The number of nitrogens with zero attached hydrogens (tertiary/aromatic N) is 2. The van der Waals surface area contributed by atoms with Crippen molar-refractivity contribution in [1.29, 1.82) is 0 Å². The predicted molar refractivity (Wildman–Crippen MR) is 145 cm³/mol. The number of alkyl halides is 3. The summed E-state index contributed by atoms with van der Waals surface area (Å²) in [5.41, 5.74) is -0.309. The van der Waals surface area contributed by atoms with E-state index in [4.69, 9.17) is 0 Å². The minimum Gasteiger partial charge on any atom is -0.352 e. The largest absolute Gasteiger partial charge is 0.416 e. The summed E-state index contributed by atoms with van der Waals surface area (Å²) >= 11 is 3.37. The maximum Gasteiger partial charge on any atom is 0.416 e. The van der Waals surface area contributed by atoms with E-state index in [2.05, 4.69) is 21.2 Å². The maximum absolute atomic E-state index is 13.3. The van der Waals surface area contributed by atoms with Gasteiger partial charge in [0.2, 0.25) is 21.8 Å². The van der Waals surface area contributed by atoms with Crippen molar-refractivity contribution >= 4 is 43.5 Å². The number of hydrogen-bond donors (Lipinski definition) is 1. The van der Waals surface area contributed by atoms with Crippen molar-refractivity contribution in [3.8, 4) is 0 Å². The van der Waals surface area contributed by atoms with Crippen molar-refractivity contribution in [1.82, 2.24) is 10.2 Å². The third-order valence-corrected chi connectivity index (χ3v) is 7.77. The lowest BCUT2D eigenvalue weighted by Gasteiger charge is -2.30. The molecule has 2 rings (SSSR count). The first-order chi connectivity index (χ1) is 17.6. The summed E-state index contributed by atoms with van der Waals surface area (Å²) in [4.78, 5) is 27.5. The highest BCUT2D eigenvalue weighted by Gasteiger charge is 2.32. The molecular formula is C26H33BrF3N3O4S. The summed E-state index contributed by atoms with van der Waals surface area (Å²) in [5, 5.41) is 2.87. The van der Waals surface area contributed by atoms with Crippen LogP contribution in [0.1, 0.15) is 51.2 Å². The van der Waals surface area contributed by atoms with Gasteiger partial charge in [-0.05, 0) is 62.6 Å². The molecule has 0 aromatic heterocycles. The first kappa shape index (κ1) is 31.6. The molecule has 210 valence electrons. The Hall–Kier alpha value is -2.60. The van der Waals surface area contributed by atoms with Crippen LogP contribution < -0.4 is 9.62 Å². The van der Waals surface area contributed by atoms with Gasteiger partial charge in [0.1, 0.15) is 6.04 Å². The summed E-state index contributed by atoms with van der Waals surface area (Å²) in [7, 11) is -3.92. The average molecular weight is 621 g/mol. The van der Waals surface area contributed by atoms with Gasteiger partial charge in [0.25, 0.3) is 0 Å². The smallest absolute Gasteiger partial charge is 0.352 e. The Balaban J connectivity index is 2.21. The number of carbonyl (C=O) groups excluding carboxylic acids is 2. The highest BCUT2D eigenvalue weighted by atomic mass is 79.9. The van der Waals surface area contributed by atoms with Gasteiger partial charge in [-0.25, -0.2) is 8.42 Å². The Morgan fingerprint density at radius 2 is 1.71 bits per heavy atom. The number of nitrogens with one attached hydrogen (secondary N) is 1. The van der Waals surface area contributed by atoms with Crippen LogP contribution in [0.5, 0.6) is 0 Å². The fourth-order valence-corrected chi connectivity index (χ4v) is 4.90. The van der Waals surface area contributed by atoms with Gasteiger partial charge < -0.3 is 10.2 Å². The molecule has 0 heterocycles. The molecule has 0 aliphatic rings. The lowest BCUT2D eigenvalue weighted by atomic mass is 10.1. The number of amides is 2. The van der Waals surface area contributed by atoms with Crippen LogP contribution in [0.25, 0.3) is 0 Å². The van der Waals surface area contributed by atoms with E-state index in [1.807, 2.05) is 38.1 Å². The molecule has 0 fully saturated rings. The van der Waals surface area contributed by atoms with Crippen molar-refractivity contribution < 1.29 is 31.2 Å². The Bertz CT molecular complexity index is 1210. The van der Waals surface area contributed by atoms with Crippen LogP contribution in [0.3, 0.4) is 0 Å². The zero-order chi connectivity index (χ0) is 28.7. The molecule has 7 nitrogen and oxygen atoms in total. The summed E-state index contributed by atoms with van der Waals surface area (Å²) in [6, 6.07) is 10.5. The van der Waals surface area contributed by atoms with Gasteiger partial charge in [0.15, 0.2) is 0 Å². The minimum absolute atomic E-state index is 0.0404. The van der Waals surface area contributed by atoms with Gasteiger partial charge in [-0.15, -0.1) is 0 Å². The summed E-state index contributed by atoms with van der Waals surface area (Å²) < 4.78 is 66.0. The molecule has 0 spiro atoms. The molecule has 0 bridgehead atoms. The van der Waals surface area contributed by atoms with E-state index >= 15 is 0 Å². The molecular weight excluding hydrogens is 587 g/mol. The Labute approximate surface area is 230 Å². The van der Waals surface area contributed by atoms with Crippen molar-refractivity contribution in [3.63, 3.8) is 0 Å². The number of anilines is 1. The normalized spacial score (nSPS) is 13.5. The molecule has 0 aliphatic carbocycles. The van der Waals surface area contributed by atoms with Crippen molar-refractivity contribution in [3.05, 3.63) is 64.1 Å². The summed E-state index contributed by atoms with van der Waals surface area (Å²) in [6.45, 7) is 5.37. The standard InChI is InChI=1S/C26H33BrF3N3O4S/c1-5-18(2)31-25(35)19(3)32(17-20-11-13-22(27)14-12-20)24(34)10-7-15-33(38(4,36)37)23-9-6-8-21(16-23)26(28,29)30/h6,8-9,11-14,16,18-19H,5,7,10,15,17H2,1-4H3,(H,31,35)/t18-,19+/m0/s1. The monoisotopic (exact) mass is 619 g/mol. The lowest BCUT2D eigenvalue weighted by molar-refractivity contribution is -0.140. The van der Waals surface area contributed by atoms with Gasteiger partial charge in [0, 0.05) is 30.0 Å². The SMILES string of the molecule is CC[C@H](C)NC(=O)[C@@H](C)N(Cc1ccc(Br)cc1)C(=O)CCCN(c1cccc(C(F)(F)F)c1)S(C)(=O)=O. The van der Waals surface area contributed by atoms with Crippen molar-refractivity contribution in [2.24, 2.45) is 0 Å². The fourth-order valence-electron chi connectivity index (χ4n) is 3.68. The van der Waals surface area contributed by atoms with E-state index in [1.54, 1.807) is 6.92 Å². The number of benzene rings is 2. The molecule has 2 aromatic carbocycles. The first-order valence-corrected chi connectivity index (χ1v) is 14.8. The number of sulfonamides is 1. The molecule has 0 radical (unpaired) electrons. The lowest BCUT2D eigenvalue weighted by Crippen LogP contribution is -2.49. The van der Waals surface area contributed by atoms with E-state index in [0.717, 1.165) is 45.2 Å². The number of hydrogen-bond acceptors (Lipinski definition) is 4. The second-order valence-electron chi connectivity index (χ2n) is 9.13. The Morgan fingerprint density at radius 3 is 2.26 bits per heavy atom. The average Bonchev–Trinajstić information content (AvgIpc) is 2.84. The molecule has 0 unspecified atom stereocenters. The molecule has 2 atom stereocenters. The third kappa shape index (κ3) is 9.30. The Morgan fingerprint density at radius 1 is 1.08 bits per heavy atom. The van der Waals surface area contributed by atoms with Crippen molar-refractivity contribution in [2.45, 2.75) is 64.8 Å². The molecule has 12 heteroatoms. The minimum atomic E-state index is -4.63. The molecule has 1 N–H and O–H groups in total. The topological polar surface area (TPSA) is 86.8 Å². The van der Waals surface area contributed by atoms with Gasteiger partial charge in [-0.2, -0.15) is 13.2 Å². The molecule has 0 saturated carbocycles. The zero-order valence-electron chi connectivity index (χ0n) is 21.8. The Kier molecular flexibility index (Phi) is 11.2. The number of halogens is 4. The molecule has 38 heavy (non-hydrogen) atoms. The van der Waals surface area contributed by atoms with Crippen LogP contribution in [0.2, 0.25) is 0 Å². The molecule has 0 aliphatic heterocycles. The van der Waals surface area contributed by atoms with Gasteiger partial charge in [0.05, 0.1) is 17.5 Å². The number of rotatable bonds is 12. The predicted octanol–water partition coefficient (Wildman–Crippen LogP) is 5.35. The molecule has 2 aromatic rings. The maximum atomic E-state index is 13.3. The van der Waals surface area contributed by atoms with E-state index in [-0.39, 0.29) is 49.5 Å². The van der Waals surface area contributed by atoms with Crippen LogP contribution in [-0.4, -0.2) is 50.0 Å². The van der Waals surface area contributed by atoms with Crippen LogP contribution in [0.4, 0.5) is 18.9 Å². The summed E-state index contributed by atoms with van der Waals surface area (Å²) in [5.74, 6) is -0.691. The molecule has 2 amide bonds. The van der Waals surface area contributed by atoms with Gasteiger partial charge >= 0.3 is 6.18 Å². The van der Waals surface area contributed by atoms with Gasteiger partial charge in [-0.1, -0.05) is 41.1 Å². The van der Waals surface area contributed by atoms with Gasteiger partial charge in [-0.3, -0.25) is 13.9 Å². The van der Waals surface area contributed by atoms with Crippen LogP contribution in [0, 0.1) is 0 Å². The third-order valence-electron chi connectivity index (χ3n) is 6.05. The highest BCUT2D eigenvalue weighted by Crippen LogP contribution is 2.32. The van der Waals surface area contributed by atoms with Crippen LogP contribution >= 0.6 is 15.9 Å². The first-order valence-electron chi connectivity index (χ1n) is 12.1. The van der Waals surface area contributed by atoms with Crippen molar-refractivity contribution in [2.75, 3.05) is 17.1 Å². The van der Waals surface area contributed by atoms with E-state index < -0.39 is 27.8 Å². The van der Waals surface area contributed by atoms with E-state index in [1.165, 1.54) is 11.0 Å². The van der Waals surface area contributed by atoms with E-state index in [9.17, 15) is 31.2 Å². The van der Waals surface area contributed by atoms with Crippen LogP contribution in [0.15, 0.2) is 53.0 Å². The fraction of sp³-hybridized carbons (Fsp3) is 0.462.